The Morgan fingerprint density at radius 2 is 1.39 bits per heavy atom. The van der Waals surface area contributed by atoms with E-state index in [2.05, 4.69) is 91.2 Å². The van der Waals surface area contributed by atoms with Gasteiger partial charge in [-0.3, -0.25) is 4.79 Å². The quantitative estimate of drug-likeness (QED) is 0.337. The monoisotopic (exact) mass is 529 g/mol. The first-order valence-electron chi connectivity index (χ1n) is 15.7. The van der Waals surface area contributed by atoms with E-state index >= 15 is 0 Å². The number of carbonyl (C=O) groups excluding carboxylic acids is 1. The van der Waals surface area contributed by atoms with Crippen molar-refractivity contribution in [2.45, 2.75) is 148 Å². The molecule has 4 heteroatoms. The molecule has 0 radical (unpaired) electrons. The molecule has 1 aromatic heterocycles. The van der Waals surface area contributed by atoms with Gasteiger partial charge >= 0.3 is 0 Å². The van der Waals surface area contributed by atoms with Crippen LogP contribution in [-0.2, 0) is 24.2 Å². The fourth-order valence-corrected chi connectivity index (χ4v) is 6.32. The Bertz CT molecular complexity index is 859. The molecule has 38 heavy (non-hydrogen) atoms. The van der Waals surface area contributed by atoms with Crippen LogP contribution in [0.5, 0.6) is 0 Å². The van der Waals surface area contributed by atoms with Crippen molar-refractivity contribution in [3.05, 3.63) is 11.4 Å². The molecule has 0 aromatic carbocycles. The minimum absolute atomic E-state index is 0.186. The average molecular weight is 530 g/mol. The summed E-state index contributed by atoms with van der Waals surface area (Å²) in [7, 11) is 0. The largest absolute Gasteiger partial charge is 0.299 e. The molecule has 4 nitrogen and oxygen atoms in total. The summed E-state index contributed by atoms with van der Waals surface area (Å²) in [5, 5.41) is 8.85. The van der Waals surface area contributed by atoms with Gasteiger partial charge in [0.15, 0.2) is 0 Å². The summed E-state index contributed by atoms with van der Waals surface area (Å²) in [6.07, 6.45) is 9.16. The lowest BCUT2D eigenvalue weighted by molar-refractivity contribution is -0.122. The second-order valence-electron chi connectivity index (χ2n) is 16.9. The average Bonchev–Trinajstić information content (AvgIpc) is 3.19. The maximum atomic E-state index is 12.1. The van der Waals surface area contributed by atoms with E-state index in [4.69, 9.17) is 0 Å². The van der Waals surface area contributed by atoms with Crippen LogP contribution in [0.25, 0.3) is 0 Å². The molecule has 2 aliphatic carbocycles. The molecule has 0 bridgehead atoms. The van der Waals surface area contributed by atoms with Gasteiger partial charge in [0, 0.05) is 18.9 Å². The van der Waals surface area contributed by atoms with E-state index in [1.54, 1.807) is 0 Å². The number of fused-ring (bicyclic) bond motifs is 2. The van der Waals surface area contributed by atoms with Crippen LogP contribution in [0.15, 0.2) is 0 Å². The SMILES string of the molecule is CC(C)(C)CC(CC(C)(C)C)C(C)(C)C.CC(C)CCn1nnc2c1CCC1C(CC2)C1CC(=O)C(C)C. The van der Waals surface area contributed by atoms with Crippen molar-refractivity contribution < 1.29 is 4.79 Å². The van der Waals surface area contributed by atoms with Crippen molar-refractivity contribution in [2.75, 3.05) is 0 Å². The van der Waals surface area contributed by atoms with Crippen molar-refractivity contribution in [3.63, 3.8) is 0 Å². The van der Waals surface area contributed by atoms with Gasteiger partial charge in [0.25, 0.3) is 0 Å². The fraction of sp³-hybridized carbons (Fsp3) is 0.912. The summed E-state index contributed by atoms with van der Waals surface area (Å²) in [6.45, 7) is 30.8. The van der Waals surface area contributed by atoms with Gasteiger partial charge < -0.3 is 0 Å². The lowest BCUT2D eigenvalue weighted by Crippen LogP contribution is -2.29. The van der Waals surface area contributed by atoms with E-state index in [-0.39, 0.29) is 5.92 Å². The zero-order valence-electron chi connectivity index (χ0n) is 27.6. The molecule has 220 valence electrons. The molecule has 2 aliphatic rings. The molecular formula is C34H63N3O. The summed E-state index contributed by atoms with van der Waals surface area (Å²) >= 11 is 0. The smallest absolute Gasteiger partial charge is 0.135 e. The van der Waals surface area contributed by atoms with Crippen molar-refractivity contribution in [1.29, 1.82) is 0 Å². The predicted octanol–water partition coefficient (Wildman–Crippen LogP) is 9.20. The van der Waals surface area contributed by atoms with Crippen LogP contribution in [-0.4, -0.2) is 20.8 Å². The van der Waals surface area contributed by atoms with Gasteiger partial charge in [-0.25, -0.2) is 4.68 Å². The number of hydrogen-bond acceptors (Lipinski definition) is 3. The molecular weight excluding hydrogens is 466 g/mol. The van der Waals surface area contributed by atoms with Crippen LogP contribution >= 0.6 is 0 Å². The first kappa shape index (κ1) is 33.0. The second kappa shape index (κ2) is 13.0. The van der Waals surface area contributed by atoms with Gasteiger partial charge in [0.05, 0.1) is 11.4 Å². The summed E-state index contributed by atoms with van der Waals surface area (Å²) in [4.78, 5) is 12.1. The number of aryl methyl sites for hydroxylation is 2. The molecule has 1 aromatic rings. The molecule has 3 atom stereocenters. The Kier molecular flexibility index (Phi) is 11.3. The van der Waals surface area contributed by atoms with E-state index < -0.39 is 0 Å². The predicted molar refractivity (Wildman–Crippen MR) is 162 cm³/mol. The summed E-state index contributed by atoms with van der Waals surface area (Å²) in [5.41, 5.74) is 3.91. The van der Waals surface area contributed by atoms with E-state index in [1.807, 2.05) is 13.8 Å². The molecule has 3 rings (SSSR count). The lowest BCUT2D eigenvalue weighted by atomic mass is 9.66. The number of carbonyl (C=O) groups is 1. The Balaban J connectivity index is 0.000000296. The molecule has 0 spiro atoms. The Hall–Kier alpha value is -1.19. The third-order valence-corrected chi connectivity index (χ3v) is 8.80. The van der Waals surface area contributed by atoms with Crippen LogP contribution in [0.2, 0.25) is 0 Å². The number of nitrogens with zero attached hydrogens (tertiary/aromatic N) is 3. The van der Waals surface area contributed by atoms with Crippen molar-refractivity contribution in [2.24, 2.45) is 51.8 Å². The van der Waals surface area contributed by atoms with Gasteiger partial charge in [-0.1, -0.05) is 95.2 Å². The molecule has 3 unspecified atom stereocenters. The maximum Gasteiger partial charge on any atom is 0.135 e. The summed E-state index contributed by atoms with van der Waals surface area (Å²) < 4.78 is 2.15. The van der Waals surface area contributed by atoms with E-state index in [0.29, 0.717) is 33.9 Å². The number of Topliss-reactive ketones (excluding diaryl/α,β-unsaturated/α-hetero) is 1. The van der Waals surface area contributed by atoms with E-state index in [9.17, 15) is 4.79 Å². The third-order valence-electron chi connectivity index (χ3n) is 8.80. The fourth-order valence-electron chi connectivity index (χ4n) is 6.32. The number of ketones is 1. The minimum Gasteiger partial charge on any atom is -0.299 e. The highest BCUT2D eigenvalue weighted by Gasteiger charge is 2.50. The molecule has 0 saturated heterocycles. The summed E-state index contributed by atoms with van der Waals surface area (Å²) in [6, 6.07) is 0. The zero-order chi connectivity index (χ0) is 29.1. The van der Waals surface area contributed by atoms with Crippen LogP contribution in [0.3, 0.4) is 0 Å². The number of aromatic nitrogens is 3. The van der Waals surface area contributed by atoms with Gasteiger partial charge in [-0.2, -0.15) is 0 Å². The Morgan fingerprint density at radius 3 is 1.84 bits per heavy atom. The number of hydrogen-bond donors (Lipinski definition) is 0. The van der Waals surface area contributed by atoms with Gasteiger partial charge in [-0.15, -0.1) is 5.10 Å². The second-order valence-corrected chi connectivity index (χ2v) is 16.9. The highest BCUT2D eigenvalue weighted by molar-refractivity contribution is 5.80. The van der Waals surface area contributed by atoms with Gasteiger partial charge in [0.1, 0.15) is 5.78 Å². The first-order chi connectivity index (χ1) is 17.3. The zero-order valence-corrected chi connectivity index (χ0v) is 27.6. The minimum atomic E-state index is 0.186. The lowest BCUT2D eigenvalue weighted by Gasteiger charge is -2.39. The van der Waals surface area contributed by atoms with Gasteiger partial charge in [0.2, 0.25) is 0 Å². The molecule has 1 fully saturated rings. The molecule has 0 amide bonds. The molecule has 0 aliphatic heterocycles. The van der Waals surface area contributed by atoms with Crippen molar-refractivity contribution in [3.8, 4) is 0 Å². The molecule has 1 saturated carbocycles. The Morgan fingerprint density at radius 1 is 0.868 bits per heavy atom. The Labute approximate surface area is 236 Å². The first-order valence-corrected chi connectivity index (χ1v) is 15.7. The van der Waals surface area contributed by atoms with Crippen LogP contribution < -0.4 is 0 Å². The van der Waals surface area contributed by atoms with E-state index in [1.165, 1.54) is 37.1 Å². The maximum absolute atomic E-state index is 12.1. The highest BCUT2D eigenvalue weighted by atomic mass is 16.1. The van der Waals surface area contributed by atoms with E-state index in [0.717, 1.165) is 50.0 Å². The van der Waals surface area contributed by atoms with Crippen LogP contribution in [0.1, 0.15) is 140 Å². The standard InChI is InChI=1S/C19H31N3O.C15H32/c1-12(2)9-10-22-18-8-6-15-14(5-7-17(18)20-21-22)16(15)11-19(23)13(3)4;1-13(2,3)10-12(15(7,8)9)11-14(4,5)6/h12-16H,5-11H2,1-4H3;12H,10-11H2,1-9H3. The highest BCUT2D eigenvalue weighted by Crippen LogP contribution is 2.55. The van der Waals surface area contributed by atoms with Crippen molar-refractivity contribution in [1.82, 2.24) is 15.0 Å². The normalized spacial score (nSPS) is 21.9. The van der Waals surface area contributed by atoms with Gasteiger partial charge in [-0.05, 0) is 90.8 Å². The van der Waals surface area contributed by atoms with Crippen molar-refractivity contribution >= 4 is 5.78 Å². The molecule has 1 heterocycles. The third kappa shape index (κ3) is 10.8. The molecule has 0 N–H and O–H groups in total. The summed E-state index contributed by atoms with van der Waals surface area (Å²) in [5.74, 6) is 4.31. The number of rotatable bonds is 8. The van der Waals surface area contributed by atoms with Crippen LogP contribution in [0, 0.1) is 51.8 Å². The van der Waals surface area contributed by atoms with Crippen LogP contribution in [0.4, 0.5) is 0 Å². The topological polar surface area (TPSA) is 47.8 Å².